The Morgan fingerprint density at radius 3 is 2.38 bits per heavy atom. The Labute approximate surface area is 141 Å². The summed E-state index contributed by atoms with van der Waals surface area (Å²) >= 11 is 0. The van der Waals surface area contributed by atoms with E-state index in [9.17, 15) is 9.18 Å². The van der Waals surface area contributed by atoms with Crippen LogP contribution in [0.5, 0.6) is 0 Å². The summed E-state index contributed by atoms with van der Waals surface area (Å²) in [7, 11) is 0. The summed E-state index contributed by atoms with van der Waals surface area (Å²) < 4.78 is 13.0. The van der Waals surface area contributed by atoms with Crippen LogP contribution >= 0.6 is 0 Å². The molecule has 0 spiro atoms. The summed E-state index contributed by atoms with van der Waals surface area (Å²) in [5.74, 6) is -0.269. The molecule has 3 aromatic rings. The zero-order valence-corrected chi connectivity index (χ0v) is 13.4. The van der Waals surface area contributed by atoms with E-state index in [4.69, 9.17) is 0 Å². The van der Waals surface area contributed by atoms with Gasteiger partial charge in [0, 0.05) is 23.4 Å². The van der Waals surface area contributed by atoms with E-state index in [1.165, 1.54) is 12.1 Å². The summed E-state index contributed by atoms with van der Waals surface area (Å²) in [6, 6.07) is 21.3. The van der Waals surface area contributed by atoms with Crippen LogP contribution in [0.3, 0.4) is 0 Å². The molecule has 0 amide bonds. The van der Waals surface area contributed by atoms with Gasteiger partial charge in [0.25, 0.3) is 0 Å². The van der Waals surface area contributed by atoms with E-state index in [0.29, 0.717) is 17.7 Å². The van der Waals surface area contributed by atoms with Gasteiger partial charge in [-0.05, 0) is 36.8 Å². The van der Waals surface area contributed by atoms with Crippen LogP contribution in [0.2, 0.25) is 0 Å². The van der Waals surface area contributed by atoms with E-state index in [-0.39, 0.29) is 11.6 Å². The van der Waals surface area contributed by atoms with Crippen LogP contribution < -0.4 is 5.32 Å². The zero-order valence-electron chi connectivity index (χ0n) is 13.4. The van der Waals surface area contributed by atoms with Crippen molar-refractivity contribution >= 4 is 11.5 Å². The van der Waals surface area contributed by atoms with E-state index < -0.39 is 0 Å². The van der Waals surface area contributed by atoms with Gasteiger partial charge in [-0.25, -0.2) is 4.39 Å². The summed E-state index contributed by atoms with van der Waals surface area (Å²) in [5, 5.41) is 3.28. The third-order valence-electron chi connectivity index (χ3n) is 3.85. The van der Waals surface area contributed by atoms with Crippen LogP contribution in [0.1, 0.15) is 27.0 Å². The van der Waals surface area contributed by atoms with Gasteiger partial charge in [-0.3, -0.25) is 4.79 Å². The largest absolute Gasteiger partial charge is 0.380 e. The van der Waals surface area contributed by atoms with Gasteiger partial charge in [0.2, 0.25) is 0 Å². The van der Waals surface area contributed by atoms with Gasteiger partial charge in [0.1, 0.15) is 5.82 Å². The minimum atomic E-state index is -0.256. The van der Waals surface area contributed by atoms with Crippen molar-refractivity contribution in [2.45, 2.75) is 13.5 Å². The highest BCUT2D eigenvalue weighted by Crippen LogP contribution is 2.22. The molecule has 24 heavy (non-hydrogen) atoms. The first kappa shape index (κ1) is 15.9. The van der Waals surface area contributed by atoms with Crippen LogP contribution in [-0.4, -0.2) is 5.78 Å². The first-order chi connectivity index (χ1) is 11.6. The molecule has 0 bridgehead atoms. The molecular weight excluding hydrogens is 301 g/mol. The maximum Gasteiger partial charge on any atom is 0.195 e. The second-order valence-corrected chi connectivity index (χ2v) is 5.72. The number of halogens is 1. The van der Waals surface area contributed by atoms with Crippen molar-refractivity contribution in [1.82, 2.24) is 0 Å². The van der Waals surface area contributed by atoms with E-state index in [0.717, 1.165) is 16.8 Å². The smallest absolute Gasteiger partial charge is 0.195 e. The molecule has 3 heteroatoms. The van der Waals surface area contributed by atoms with Crippen molar-refractivity contribution in [2.75, 3.05) is 5.32 Å². The number of carbonyl (C=O) groups excluding carboxylic acids is 1. The van der Waals surface area contributed by atoms with Crippen molar-refractivity contribution in [3.05, 3.63) is 101 Å². The maximum absolute atomic E-state index is 13.0. The normalized spacial score (nSPS) is 10.4. The van der Waals surface area contributed by atoms with Crippen LogP contribution in [-0.2, 0) is 6.54 Å². The lowest BCUT2D eigenvalue weighted by atomic mass is 9.99. The van der Waals surface area contributed by atoms with E-state index in [1.807, 2.05) is 55.5 Å². The second-order valence-electron chi connectivity index (χ2n) is 5.72. The number of aryl methyl sites for hydroxylation is 1. The molecule has 2 nitrogen and oxygen atoms in total. The number of rotatable bonds is 5. The Kier molecular flexibility index (Phi) is 4.71. The molecule has 0 unspecified atom stereocenters. The number of nitrogens with one attached hydrogen (secondary N) is 1. The van der Waals surface area contributed by atoms with Crippen molar-refractivity contribution in [2.24, 2.45) is 0 Å². The fourth-order valence-electron chi connectivity index (χ4n) is 2.54. The molecule has 1 N–H and O–H groups in total. The van der Waals surface area contributed by atoms with Gasteiger partial charge >= 0.3 is 0 Å². The van der Waals surface area contributed by atoms with Gasteiger partial charge in [-0.1, -0.05) is 54.1 Å². The standard InChI is InChI=1S/C21H18FNO/c1-15-7-12-20(23-14-16-8-10-18(22)11-9-16)19(13-15)21(24)17-5-3-2-4-6-17/h2-13,23H,14H2,1H3. The van der Waals surface area contributed by atoms with Crippen LogP contribution in [0.25, 0.3) is 0 Å². The van der Waals surface area contributed by atoms with Gasteiger partial charge < -0.3 is 5.32 Å². The summed E-state index contributed by atoms with van der Waals surface area (Å²) in [5.41, 5.74) is 4.06. The monoisotopic (exact) mass is 319 g/mol. The van der Waals surface area contributed by atoms with Crippen molar-refractivity contribution < 1.29 is 9.18 Å². The molecule has 0 aromatic heterocycles. The SMILES string of the molecule is Cc1ccc(NCc2ccc(F)cc2)c(C(=O)c2ccccc2)c1. The fraction of sp³-hybridized carbons (Fsp3) is 0.0952. The Hall–Kier alpha value is -2.94. The van der Waals surface area contributed by atoms with Gasteiger partial charge in [0.05, 0.1) is 0 Å². The number of hydrogen-bond acceptors (Lipinski definition) is 2. The second kappa shape index (κ2) is 7.09. The number of benzene rings is 3. The van der Waals surface area contributed by atoms with E-state index in [1.54, 1.807) is 12.1 Å². The molecule has 0 saturated carbocycles. The van der Waals surface area contributed by atoms with Crippen LogP contribution in [0.15, 0.2) is 72.8 Å². The molecule has 3 aromatic carbocycles. The third kappa shape index (κ3) is 3.69. The summed E-state index contributed by atoms with van der Waals surface area (Å²) in [4.78, 5) is 12.8. The Bertz CT molecular complexity index is 841. The molecule has 0 fully saturated rings. The lowest BCUT2D eigenvalue weighted by molar-refractivity contribution is 0.103. The van der Waals surface area contributed by atoms with Crippen LogP contribution in [0, 0.1) is 12.7 Å². The number of anilines is 1. The van der Waals surface area contributed by atoms with Gasteiger partial charge in [-0.2, -0.15) is 0 Å². The zero-order chi connectivity index (χ0) is 16.9. The van der Waals surface area contributed by atoms with Crippen LogP contribution in [0.4, 0.5) is 10.1 Å². The summed E-state index contributed by atoms with van der Waals surface area (Å²) in [6.45, 7) is 2.49. The maximum atomic E-state index is 13.0. The predicted octanol–water partition coefficient (Wildman–Crippen LogP) is 4.98. The Morgan fingerprint density at radius 2 is 1.67 bits per heavy atom. The first-order valence-corrected chi connectivity index (χ1v) is 7.82. The molecule has 0 radical (unpaired) electrons. The van der Waals surface area contributed by atoms with Crippen molar-refractivity contribution in [3.63, 3.8) is 0 Å². The van der Waals surface area contributed by atoms with Gasteiger partial charge in [-0.15, -0.1) is 0 Å². The lowest BCUT2D eigenvalue weighted by Crippen LogP contribution is -2.08. The highest BCUT2D eigenvalue weighted by atomic mass is 19.1. The lowest BCUT2D eigenvalue weighted by Gasteiger charge is -2.13. The van der Waals surface area contributed by atoms with Crippen molar-refractivity contribution in [1.29, 1.82) is 0 Å². The number of hydrogen-bond donors (Lipinski definition) is 1. The fourth-order valence-corrected chi connectivity index (χ4v) is 2.54. The molecule has 0 heterocycles. The number of carbonyl (C=O) groups is 1. The summed E-state index contributed by atoms with van der Waals surface area (Å²) in [6.07, 6.45) is 0. The molecular formula is C21H18FNO. The minimum absolute atomic E-state index is 0.0130. The molecule has 3 rings (SSSR count). The predicted molar refractivity (Wildman–Crippen MR) is 94.8 cm³/mol. The highest BCUT2D eigenvalue weighted by molar-refractivity contribution is 6.12. The molecule has 0 saturated heterocycles. The van der Waals surface area contributed by atoms with Crippen molar-refractivity contribution in [3.8, 4) is 0 Å². The number of ketones is 1. The molecule has 0 aliphatic heterocycles. The average Bonchev–Trinajstić information content (AvgIpc) is 2.62. The topological polar surface area (TPSA) is 29.1 Å². The molecule has 0 aliphatic carbocycles. The van der Waals surface area contributed by atoms with Gasteiger partial charge in [0.15, 0.2) is 5.78 Å². The third-order valence-corrected chi connectivity index (χ3v) is 3.85. The molecule has 120 valence electrons. The van der Waals surface area contributed by atoms with E-state index >= 15 is 0 Å². The molecule has 0 atom stereocenters. The van der Waals surface area contributed by atoms with E-state index in [2.05, 4.69) is 5.32 Å². The molecule has 0 aliphatic rings. The minimum Gasteiger partial charge on any atom is -0.380 e. The first-order valence-electron chi connectivity index (χ1n) is 7.82. The Morgan fingerprint density at radius 1 is 0.958 bits per heavy atom. The highest BCUT2D eigenvalue weighted by Gasteiger charge is 2.13. The quantitative estimate of drug-likeness (QED) is 0.672. The average molecular weight is 319 g/mol. The Balaban J connectivity index is 1.85.